The van der Waals surface area contributed by atoms with Crippen molar-refractivity contribution in [2.45, 2.75) is 71.3 Å². The second-order valence-electron chi connectivity index (χ2n) is 6.83. The number of hydrogen-bond acceptors (Lipinski definition) is 2. The quantitative estimate of drug-likeness (QED) is 0.816. The van der Waals surface area contributed by atoms with Crippen LogP contribution in [0.25, 0.3) is 0 Å². The van der Waals surface area contributed by atoms with Gasteiger partial charge in [0.1, 0.15) is 5.41 Å². The Morgan fingerprint density at radius 1 is 1.22 bits per heavy atom. The van der Waals surface area contributed by atoms with E-state index in [0.29, 0.717) is 5.41 Å². The third kappa shape index (κ3) is 2.68. The lowest BCUT2D eigenvalue weighted by molar-refractivity contribution is -0.129. The zero-order chi connectivity index (χ0) is 13.2. The van der Waals surface area contributed by atoms with Gasteiger partial charge < -0.3 is 5.32 Å². The standard InChI is InChI=1S/C15H24N2O/c1-14(2)7-5-6-12(10-14)17-13(18)15(11-16)8-3-4-9-15/h12H,3-10H2,1-2H3,(H,17,18). The number of nitrogens with zero attached hydrogens (tertiary/aromatic N) is 1. The Hall–Kier alpha value is -1.04. The lowest BCUT2D eigenvalue weighted by Crippen LogP contribution is -2.46. The number of carbonyl (C=O) groups excluding carboxylic acids is 1. The molecule has 3 nitrogen and oxygen atoms in total. The van der Waals surface area contributed by atoms with Gasteiger partial charge in [0.15, 0.2) is 0 Å². The van der Waals surface area contributed by atoms with Crippen LogP contribution in [-0.4, -0.2) is 11.9 Å². The van der Waals surface area contributed by atoms with E-state index in [1.54, 1.807) is 0 Å². The van der Waals surface area contributed by atoms with E-state index in [0.717, 1.165) is 38.5 Å². The highest BCUT2D eigenvalue weighted by Gasteiger charge is 2.42. The molecule has 2 rings (SSSR count). The number of nitrogens with one attached hydrogen (secondary N) is 1. The van der Waals surface area contributed by atoms with E-state index in [1.807, 2.05) is 0 Å². The maximum absolute atomic E-state index is 12.3. The Morgan fingerprint density at radius 2 is 1.89 bits per heavy atom. The maximum Gasteiger partial charge on any atom is 0.240 e. The van der Waals surface area contributed by atoms with Crippen molar-refractivity contribution in [3.63, 3.8) is 0 Å². The minimum atomic E-state index is -0.721. The molecule has 1 atom stereocenters. The van der Waals surface area contributed by atoms with E-state index in [2.05, 4.69) is 25.2 Å². The summed E-state index contributed by atoms with van der Waals surface area (Å²) in [6.07, 6.45) is 8.03. The molecule has 0 aliphatic heterocycles. The Labute approximate surface area is 110 Å². The second-order valence-corrected chi connectivity index (χ2v) is 6.83. The molecule has 2 aliphatic carbocycles. The average Bonchev–Trinajstić information content (AvgIpc) is 2.77. The summed E-state index contributed by atoms with van der Waals surface area (Å²) in [5.41, 5.74) is -0.396. The number of hydrogen-bond donors (Lipinski definition) is 1. The van der Waals surface area contributed by atoms with Crippen LogP contribution < -0.4 is 5.32 Å². The predicted octanol–water partition coefficient (Wildman–Crippen LogP) is 3.16. The molecule has 0 saturated heterocycles. The normalized spacial score (nSPS) is 29.5. The van der Waals surface area contributed by atoms with Crippen LogP contribution in [-0.2, 0) is 4.79 Å². The summed E-state index contributed by atoms with van der Waals surface area (Å²) in [4.78, 5) is 12.3. The minimum absolute atomic E-state index is 0.00907. The lowest BCUT2D eigenvalue weighted by Gasteiger charge is -2.36. The van der Waals surface area contributed by atoms with Crippen molar-refractivity contribution in [2.24, 2.45) is 10.8 Å². The fourth-order valence-electron chi connectivity index (χ4n) is 3.51. The summed E-state index contributed by atoms with van der Waals surface area (Å²) in [5, 5.41) is 12.5. The van der Waals surface area contributed by atoms with Gasteiger partial charge in [-0.2, -0.15) is 5.26 Å². The Morgan fingerprint density at radius 3 is 2.44 bits per heavy atom. The van der Waals surface area contributed by atoms with Crippen LogP contribution in [0.2, 0.25) is 0 Å². The van der Waals surface area contributed by atoms with Gasteiger partial charge in [0, 0.05) is 6.04 Å². The smallest absolute Gasteiger partial charge is 0.240 e. The summed E-state index contributed by atoms with van der Waals surface area (Å²) in [7, 11) is 0. The predicted molar refractivity (Wildman–Crippen MR) is 70.7 cm³/mol. The summed E-state index contributed by atoms with van der Waals surface area (Å²) in [6, 6.07) is 2.55. The summed E-state index contributed by atoms with van der Waals surface area (Å²) >= 11 is 0. The maximum atomic E-state index is 12.3. The molecule has 100 valence electrons. The topological polar surface area (TPSA) is 52.9 Å². The molecule has 0 aromatic rings. The van der Waals surface area contributed by atoms with Gasteiger partial charge in [-0.1, -0.05) is 33.1 Å². The monoisotopic (exact) mass is 248 g/mol. The Balaban J connectivity index is 1.97. The van der Waals surface area contributed by atoms with Gasteiger partial charge in [-0.15, -0.1) is 0 Å². The molecule has 1 N–H and O–H groups in total. The van der Waals surface area contributed by atoms with Crippen LogP contribution in [0.15, 0.2) is 0 Å². The fourth-order valence-corrected chi connectivity index (χ4v) is 3.51. The van der Waals surface area contributed by atoms with Crippen molar-refractivity contribution in [1.29, 1.82) is 5.26 Å². The van der Waals surface area contributed by atoms with E-state index in [-0.39, 0.29) is 11.9 Å². The molecule has 18 heavy (non-hydrogen) atoms. The molecule has 0 bridgehead atoms. The van der Waals surface area contributed by atoms with Crippen LogP contribution in [0.1, 0.15) is 65.2 Å². The molecular formula is C15H24N2O. The van der Waals surface area contributed by atoms with E-state index < -0.39 is 5.41 Å². The van der Waals surface area contributed by atoms with Crippen LogP contribution in [0.5, 0.6) is 0 Å². The third-order valence-electron chi connectivity index (χ3n) is 4.65. The highest BCUT2D eigenvalue weighted by atomic mass is 16.2. The van der Waals surface area contributed by atoms with Crippen molar-refractivity contribution >= 4 is 5.91 Å². The first-order valence-electron chi connectivity index (χ1n) is 7.20. The largest absolute Gasteiger partial charge is 0.352 e. The summed E-state index contributed by atoms with van der Waals surface area (Å²) in [6.45, 7) is 4.53. The molecule has 0 radical (unpaired) electrons. The van der Waals surface area contributed by atoms with E-state index in [4.69, 9.17) is 0 Å². The summed E-state index contributed by atoms with van der Waals surface area (Å²) in [5.74, 6) is -0.00907. The first-order valence-corrected chi connectivity index (χ1v) is 7.20. The van der Waals surface area contributed by atoms with Crippen molar-refractivity contribution in [3.05, 3.63) is 0 Å². The molecule has 2 fully saturated rings. The molecule has 0 spiro atoms. The van der Waals surface area contributed by atoms with Crippen molar-refractivity contribution in [3.8, 4) is 6.07 Å². The molecular weight excluding hydrogens is 224 g/mol. The fraction of sp³-hybridized carbons (Fsp3) is 0.867. The first kappa shape index (κ1) is 13.4. The van der Waals surface area contributed by atoms with Gasteiger partial charge in [-0.05, 0) is 37.5 Å². The van der Waals surface area contributed by atoms with Crippen molar-refractivity contribution < 1.29 is 4.79 Å². The van der Waals surface area contributed by atoms with Crippen LogP contribution in [0, 0.1) is 22.2 Å². The van der Waals surface area contributed by atoms with Gasteiger partial charge in [0.05, 0.1) is 6.07 Å². The minimum Gasteiger partial charge on any atom is -0.352 e. The zero-order valence-corrected chi connectivity index (χ0v) is 11.6. The molecule has 1 amide bonds. The van der Waals surface area contributed by atoms with Crippen molar-refractivity contribution in [1.82, 2.24) is 5.32 Å². The van der Waals surface area contributed by atoms with Crippen LogP contribution in [0.4, 0.5) is 0 Å². The molecule has 0 aromatic carbocycles. The molecule has 2 aliphatic rings. The van der Waals surface area contributed by atoms with E-state index in [9.17, 15) is 10.1 Å². The Bertz CT molecular complexity index is 361. The SMILES string of the molecule is CC1(C)CCCC(NC(=O)C2(C#N)CCCC2)C1. The molecule has 3 heteroatoms. The second kappa shape index (κ2) is 4.91. The van der Waals surface area contributed by atoms with Gasteiger partial charge >= 0.3 is 0 Å². The van der Waals surface area contributed by atoms with Gasteiger partial charge in [-0.3, -0.25) is 4.79 Å². The highest BCUT2D eigenvalue weighted by Crippen LogP contribution is 2.39. The molecule has 0 aromatic heterocycles. The van der Waals surface area contributed by atoms with E-state index >= 15 is 0 Å². The van der Waals surface area contributed by atoms with Gasteiger partial charge in [0.2, 0.25) is 5.91 Å². The van der Waals surface area contributed by atoms with Crippen LogP contribution >= 0.6 is 0 Å². The Kier molecular flexibility index (Phi) is 3.66. The number of amides is 1. The summed E-state index contributed by atoms with van der Waals surface area (Å²) < 4.78 is 0. The molecule has 0 heterocycles. The van der Waals surface area contributed by atoms with E-state index in [1.165, 1.54) is 12.8 Å². The first-order chi connectivity index (χ1) is 8.47. The average molecular weight is 248 g/mol. The third-order valence-corrected chi connectivity index (χ3v) is 4.65. The number of carbonyl (C=O) groups is 1. The number of rotatable bonds is 2. The molecule has 1 unspecified atom stereocenters. The lowest BCUT2D eigenvalue weighted by atomic mass is 9.74. The van der Waals surface area contributed by atoms with Gasteiger partial charge in [0.25, 0.3) is 0 Å². The zero-order valence-electron chi connectivity index (χ0n) is 11.6. The van der Waals surface area contributed by atoms with Crippen LogP contribution in [0.3, 0.4) is 0 Å². The molecule has 2 saturated carbocycles. The number of nitriles is 1. The van der Waals surface area contributed by atoms with Crippen molar-refractivity contribution in [2.75, 3.05) is 0 Å². The van der Waals surface area contributed by atoms with Gasteiger partial charge in [-0.25, -0.2) is 0 Å². The highest BCUT2D eigenvalue weighted by molar-refractivity contribution is 5.86.